The zero-order chi connectivity index (χ0) is 19.4. The number of hydrogen-bond acceptors (Lipinski definition) is 4. The third-order valence-corrected chi connectivity index (χ3v) is 4.87. The van der Waals surface area contributed by atoms with Crippen LogP contribution in [0, 0.1) is 11.3 Å². The monoisotopic (exact) mass is 376 g/mol. The third-order valence-electron chi connectivity index (χ3n) is 3.93. The van der Waals surface area contributed by atoms with E-state index in [1.165, 1.54) is 6.21 Å². The summed E-state index contributed by atoms with van der Waals surface area (Å²) in [5.41, 5.74) is 5.92. The van der Waals surface area contributed by atoms with Crippen LogP contribution in [0.5, 0.6) is 0 Å². The van der Waals surface area contributed by atoms with Gasteiger partial charge in [0.25, 0.3) is 0 Å². The Balaban J connectivity index is 0.000000481. The van der Waals surface area contributed by atoms with Gasteiger partial charge >= 0.3 is 0 Å². The van der Waals surface area contributed by atoms with Gasteiger partial charge in [0, 0.05) is 28.1 Å². The molecule has 27 heavy (non-hydrogen) atoms. The van der Waals surface area contributed by atoms with Gasteiger partial charge in [-0.1, -0.05) is 32.9 Å². The van der Waals surface area contributed by atoms with Crippen molar-refractivity contribution in [2.45, 2.75) is 27.7 Å². The van der Waals surface area contributed by atoms with Gasteiger partial charge in [0.2, 0.25) is 0 Å². The van der Waals surface area contributed by atoms with E-state index in [-0.39, 0.29) is 0 Å². The van der Waals surface area contributed by atoms with Gasteiger partial charge in [-0.15, -0.1) is 11.3 Å². The number of H-pyrrole nitrogens is 1. The third kappa shape index (κ3) is 4.14. The molecular weight excluding hydrogens is 352 g/mol. The molecule has 1 aromatic carbocycles. The summed E-state index contributed by atoms with van der Waals surface area (Å²) in [5.74, 6) is 0.833. The molecule has 0 aliphatic heterocycles. The SMILES string of the molecule is C/C=C(\C=N)c1ccc2scc(-c3ccc4[nH]ncc4c3)c2n1.CC(C)C. The van der Waals surface area contributed by atoms with Crippen LogP contribution in [0.3, 0.4) is 0 Å². The number of thiophene rings is 1. The number of aromatic nitrogens is 3. The minimum Gasteiger partial charge on any atom is -0.308 e. The maximum atomic E-state index is 7.52. The Kier molecular flexibility index (Phi) is 5.81. The molecule has 0 saturated heterocycles. The van der Waals surface area contributed by atoms with Crippen molar-refractivity contribution < 1.29 is 0 Å². The molecule has 5 heteroatoms. The molecule has 4 rings (SSSR count). The Morgan fingerprint density at radius 3 is 2.67 bits per heavy atom. The number of hydrogen-bond donors (Lipinski definition) is 2. The maximum absolute atomic E-state index is 7.52. The highest BCUT2D eigenvalue weighted by Gasteiger charge is 2.11. The highest BCUT2D eigenvalue weighted by Crippen LogP contribution is 2.34. The Hall–Kier alpha value is -2.79. The molecule has 0 fully saturated rings. The molecule has 0 bridgehead atoms. The van der Waals surface area contributed by atoms with Crippen LogP contribution in [-0.4, -0.2) is 21.4 Å². The van der Waals surface area contributed by atoms with Crippen molar-refractivity contribution in [2.75, 3.05) is 0 Å². The Morgan fingerprint density at radius 2 is 1.96 bits per heavy atom. The van der Waals surface area contributed by atoms with Crippen LogP contribution in [0.2, 0.25) is 0 Å². The molecular formula is C22H24N4S. The van der Waals surface area contributed by atoms with Gasteiger partial charge in [-0.05, 0) is 42.7 Å². The molecule has 0 spiro atoms. The summed E-state index contributed by atoms with van der Waals surface area (Å²) in [7, 11) is 0. The molecule has 0 radical (unpaired) electrons. The number of benzene rings is 1. The van der Waals surface area contributed by atoms with Crippen molar-refractivity contribution in [3.63, 3.8) is 0 Å². The zero-order valence-electron chi connectivity index (χ0n) is 16.1. The van der Waals surface area contributed by atoms with Crippen LogP contribution < -0.4 is 0 Å². The fourth-order valence-electron chi connectivity index (χ4n) is 2.69. The van der Waals surface area contributed by atoms with Gasteiger partial charge in [0.15, 0.2) is 0 Å². The minimum absolute atomic E-state index is 0.828. The summed E-state index contributed by atoms with van der Waals surface area (Å²) < 4.78 is 1.15. The van der Waals surface area contributed by atoms with Gasteiger partial charge in [0.05, 0.1) is 27.6 Å². The number of allylic oxidation sites excluding steroid dienone is 2. The van der Waals surface area contributed by atoms with Crippen LogP contribution in [0.1, 0.15) is 33.4 Å². The van der Waals surface area contributed by atoms with Crippen LogP contribution in [-0.2, 0) is 0 Å². The van der Waals surface area contributed by atoms with Crippen molar-refractivity contribution in [3.8, 4) is 11.1 Å². The lowest BCUT2D eigenvalue weighted by atomic mass is 10.1. The molecule has 138 valence electrons. The summed E-state index contributed by atoms with van der Waals surface area (Å²) >= 11 is 1.69. The van der Waals surface area contributed by atoms with Crippen LogP contribution in [0.4, 0.5) is 0 Å². The lowest BCUT2D eigenvalue weighted by Crippen LogP contribution is -1.90. The highest BCUT2D eigenvalue weighted by molar-refractivity contribution is 7.17. The van der Waals surface area contributed by atoms with Gasteiger partial charge in [-0.3, -0.25) is 5.10 Å². The number of nitrogens with zero attached hydrogens (tertiary/aromatic N) is 2. The van der Waals surface area contributed by atoms with E-state index < -0.39 is 0 Å². The van der Waals surface area contributed by atoms with Crippen molar-refractivity contribution in [2.24, 2.45) is 5.92 Å². The Bertz CT molecular complexity index is 1100. The molecule has 3 heterocycles. The molecule has 0 aliphatic rings. The molecule has 0 amide bonds. The van der Waals surface area contributed by atoms with Gasteiger partial charge in [0.1, 0.15) is 0 Å². The molecule has 0 aliphatic carbocycles. The fraction of sp³-hybridized carbons (Fsp3) is 0.227. The first-order valence-corrected chi connectivity index (χ1v) is 9.90. The first kappa shape index (κ1) is 19.0. The van der Waals surface area contributed by atoms with E-state index in [2.05, 4.69) is 54.5 Å². The van der Waals surface area contributed by atoms with Crippen molar-refractivity contribution in [1.29, 1.82) is 5.41 Å². The van der Waals surface area contributed by atoms with Crippen molar-refractivity contribution in [1.82, 2.24) is 15.2 Å². The number of aromatic amines is 1. The average Bonchev–Trinajstić information content (AvgIpc) is 3.28. The molecule has 2 N–H and O–H groups in total. The average molecular weight is 377 g/mol. The molecule has 4 nitrogen and oxygen atoms in total. The molecule has 3 aromatic heterocycles. The van der Waals surface area contributed by atoms with E-state index >= 15 is 0 Å². The lowest BCUT2D eigenvalue weighted by molar-refractivity contribution is 0.737. The van der Waals surface area contributed by atoms with Crippen molar-refractivity contribution in [3.05, 3.63) is 53.7 Å². The largest absolute Gasteiger partial charge is 0.308 e. The maximum Gasteiger partial charge on any atom is 0.0895 e. The van der Waals surface area contributed by atoms with E-state index in [4.69, 9.17) is 10.4 Å². The minimum atomic E-state index is 0.828. The van der Waals surface area contributed by atoms with Crippen LogP contribution in [0.15, 0.2) is 48.0 Å². The van der Waals surface area contributed by atoms with Crippen molar-refractivity contribution >= 4 is 44.2 Å². The van der Waals surface area contributed by atoms with Gasteiger partial charge in [-0.2, -0.15) is 5.10 Å². The zero-order valence-corrected chi connectivity index (χ0v) is 16.9. The van der Waals surface area contributed by atoms with E-state index in [1.54, 1.807) is 11.3 Å². The van der Waals surface area contributed by atoms with Gasteiger partial charge in [-0.25, -0.2) is 4.98 Å². The second-order valence-electron chi connectivity index (χ2n) is 6.99. The van der Waals surface area contributed by atoms with E-state index in [0.29, 0.717) is 0 Å². The first-order valence-electron chi connectivity index (χ1n) is 9.02. The van der Waals surface area contributed by atoms with E-state index in [9.17, 15) is 0 Å². The molecule has 0 atom stereocenters. The first-order chi connectivity index (χ1) is 13.0. The number of rotatable bonds is 3. The second kappa shape index (κ2) is 8.27. The van der Waals surface area contributed by atoms with Gasteiger partial charge < -0.3 is 5.41 Å². The van der Waals surface area contributed by atoms with E-state index in [1.807, 2.05) is 31.3 Å². The van der Waals surface area contributed by atoms with E-state index in [0.717, 1.165) is 49.4 Å². The summed E-state index contributed by atoms with van der Waals surface area (Å²) in [6.45, 7) is 8.42. The molecule has 0 saturated carbocycles. The quantitative estimate of drug-likeness (QED) is 0.398. The standard InChI is InChI=1S/C18H14N4S.C4H10/c1-2-11(8-19)15-5-6-17-18(21-15)14(10-23-17)12-3-4-16-13(7-12)9-20-22-16;1-4(2)3/h2-10,19H,1H3,(H,20,22);4H,1-3H3/b11-2+,19-8?;. The highest BCUT2D eigenvalue weighted by atomic mass is 32.1. The Labute approximate surface area is 163 Å². The number of pyridine rings is 1. The lowest BCUT2D eigenvalue weighted by Gasteiger charge is -2.03. The van der Waals surface area contributed by atoms with Crippen LogP contribution in [0.25, 0.3) is 37.8 Å². The number of nitrogens with one attached hydrogen (secondary N) is 2. The number of fused-ring (bicyclic) bond motifs is 2. The predicted octanol–water partition coefficient (Wildman–Crippen LogP) is 6.55. The summed E-state index contributed by atoms with van der Waals surface area (Å²) in [6, 6.07) is 10.3. The molecule has 4 aromatic rings. The predicted molar refractivity (Wildman–Crippen MR) is 118 cm³/mol. The fourth-order valence-corrected chi connectivity index (χ4v) is 3.60. The summed E-state index contributed by atoms with van der Waals surface area (Å²) in [6.07, 6.45) is 5.09. The Morgan fingerprint density at radius 1 is 1.19 bits per heavy atom. The summed E-state index contributed by atoms with van der Waals surface area (Å²) in [4.78, 5) is 4.79. The topological polar surface area (TPSA) is 65.4 Å². The summed E-state index contributed by atoms with van der Waals surface area (Å²) in [5, 5.41) is 17.8. The molecule has 0 unspecified atom stereocenters. The van der Waals surface area contributed by atoms with Crippen LogP contribution >= 0.6 is 11.3 Å². The smallest absolute Gasteiger partial charge is 0.0895 e. The second-order valence-corrected chi connectivity index (χ2v) is 7.90. The normalized spacial score (nSPS) is 11.7.